The van der Waals surface area contributed by atoms with Gasteiger partial charge in [0.1, 0.15) is 17.2 Å². The third-order valence-corrected chi connectivity index (χ3v) is 7.29. The Bertz CT molecular complexity index is 1440. The summed E-state index contributed by atoms with van der Waals surface area (Å²) in [6, 6.07) is 14.5. The molecule has 2 atom stereocenters. The van der Waals surface area contributed by atoms with E-state index in [0.29, 0.717) is 5.95 Å². The molecule has 2 unspecified atom stereocenters. The van der Waals surface area contributed by atoms with Crippen LogP contribution < -0.4 is 20.1 Å². The number of ether oxygens (including phenoxy) is 1. The molecule has 4 aromatic rings. The molecule has 4 N–H and O–H groups in total. The highest BCUT2D eigenvalue weighted by Gasteiger charge is 2.18. The molecule has 0 spiro atoms. The number of para-hydroxylation sites is 1. The van der Waals surface area contributed by atoms with Gasteiger partial charge in [0.05, 0.1) is 18.2 Å². The Labute approximate surface area is 232 Å². The number of nitrogens with one attached hydrogen (secondary N) is 4. The molecule has 0 saturated heterocycles. The van der Waals surface area contributed by atoms with Gasteiger partial charge in [0, 0.05) is 42.3 Å². The minimum Gasteiger partial charge on any atom is -0.760 e. The third-order valence-electron chi connectivity index (χ3n) is 6.69. The molecule has 0 radical (unpaired) electrons. The zero-order valence-electron chi connectivity index (χ0n) is 23.0. The number of likely N-dealkylation sites (N-methyl/N-ethyl adjacent to an activating group) is 1. The van der Waals surface area contributed by atoms with E-state index in [9.17, 15) is 8.76 Å². The van der Waals surface area contributed by atoms with E-state index in [4.69, 9.17) is 9.72 Å². The van der Waals surface area contributed by atoms with Gasteiger partial charge in [0.15, 0.2) is 0 Å². The minimum absolute atomic E-state index is 0.0633. The monoisotopic (exact) mass is 550 g/mol. The van der Waals surface area contributed by atoms with Crippen LogP contribution in [0.5, 0.6) is 5.75 Å². The van der Waals surface area contributed by atoms with Gasteiger partial charge in [-0.1, -0.05) is 25.1 Å². The van der Waals surface area contributed by atoms with Crippen molar-refractivity contribution in [1.82, 2.24) is 24.6 Å². The van der Waals surface area contributed by atoms with Crippen LogP contribution in [0.25, 0.3) is 11.0 Å². The molecule has 208 valence electrons. The van der Waals surface area contributed by atoms with Crippen LogP contribution in [0.4, 0.5) is 23.1 Å². The van der Waals surface area contributed by atoms with Gasteiger partial charge in [-0.05, 0) is 74.7 Å². The maximum absolute atomic E-state index is 9.86. The molecule has 0 aliphatic carbocycles. The van der Waals surface area contributed by atoms with Gasteiger partial charge >= 0.3 is 0 Å². The quantitative estimate of drug-likeness (QED) is 0.228. The molecule has 11 heteroatoms. The Morgan fingerprint density at radius 3 is 2.64 bits per heavy atom. The summed E-state index contributed by atoms with van der Waals surface area (Å²) in [5, 5.41) is 7.79. The van der Waals surface area contributed by atoms with E-state index in [0.717, 1.165) is 65.5 Å². The standard InChI is InChI=1S/C24H26N6O.C4H11NO2S/c1-15-6-4-5-7-19(15)26-23-18-8-10-25-22(18)28-24(29-23)27-20-12-17-14-30(2)11-9-16(17)13-21(20)31-3;1-3-4(2)5-8(6)7/h4-8,10,12-13H,9,11,14H2,1-3H3,(H3,25,26,27,28,29);4-5H,3H2,1-2H3,(H,6,7)/p-1. The Kier molecular flexibility index (Phi) is 9.52. The van der Waals surface area contributed by atoms with Gasteiger partial charge in [0.2, 0.25) is 5.95 Å². The van der Waals surface area contributed by atoms with Crippen LogP contribution in [-0.2, 0) is 24.2 Å². The van der Waals surface area contributed by atoms with E-state index in [-0.39, 0.29) is 6.04 Å². The molecule has 0 amide bonds. The number of H-pyrrole nitrogens is 1. The Morgan fingerprint density at radius 2 is 1.95 bits per heavy atom. The van der Waals surface area contributed by atoms with E-state index in [1.807, 2.05) is 44.3 Å². The highest BCUT2D eigenvalue weighted by atomic mass is 32.2. The summed E-state index contributed by atoms with van der Waals surface area (Å²) in [7, 11) is 3.84. The molecule has 0 fully saturated rings. The molecule has 5 rings (SSSR count). The summed E-state index contributed by atoms with van der Waals surface area (Å²) < 4.78 is 27.7. The van der Waals surface area contributed by atoms with Crippen LogP contribution in [0.15, 0.2) is 48.7 Å². The van der Waals surface area contributed by atoms with Crippen LogP contribution in [0.3, 0.4) is 0 Å². The fourth-order valence-corrected chi connectivity index (χ4v) is 4.79. The normalized spacial score (nSPS) is 14.6. The van der Waals surface area contributed by atoms with Gasteiger partial charge in [-0.2, -0.15) is 9.97 Å². The number of nitrogens with zero attached hydrogens (tertiary/aromatic N) is 3. The van der Waals surface area contributed by atoms with Crippen molar-refractivity contribution in [2.75, 3.05) is 31.3 Å². The van der Waals surface area contributed by atoms with E-state index in [1.54, 1.807) is 7.11 Å². The number of fused-ring (bicyclic) bond motifs is 2. The summed E-state index contributed by atoms with van der Waals surface area (Å²) in [5.74, 6) is 2.06. The lowest BCUT2D eigenvalue weighted by Crippen LogP contribution is -2.26. The second-order valence-corrected chi connectivity index (χ2v) is 10.4. The third kappa shape index (κ3) is 7.33. The van der Waals surface area contributed by atoms with Crippen LogP contribution >= 0.6 is 0 Å². The van der Waals surface area contributed by atoms with Crippen molar-refractivity contribution in [3.05, 3.63) is 65.4 Å². The molecule has 1 aliphatic heterocycles. The van der Waals surface area contributed by atoms with Crippen LogP contribution in [0, 0.1) is 6.92 Å². The highest BCUT2D eigenvalue weighted by molar-refractivity contribution is 7.77. The number of anilines is 4. The molecule has 1 aliphatic rings. The predicted octanol–water partition coefficient (Wildman–Crippen LogP) is 4.92. The van der Waals surface area contributed by atoms with E-state index >= 15 is 0 Å². The van der Waals surface area contributed by atoms with Crippen molar-refractivity contribution in [1.29, 1.82) is 0 Å². The van der Waals surface area contributed by atoms with Crippen LogP contribution in [0.2, 0.25) is 0 Å². The van der Waals surface area contributed by atoms with Crippen molar-refractivity contribution in [2.24, 2.45) is 0 Å². The largest absolute Gasteiger partial charge is 0.760 e. The Balaban J connectivity index is 0.000000386. The molecule has 2 aromatic heterocycles. The maximum Gasteiger partial charge on any atom is 0.231 e. The van der Waals surface area contributed by atoms with Crippen molar-refractivity contribution in [3.8, 4) is 5.75 Å². The van der Waals surface area contributed by atoms with E-state index in [1.165, 1.54) is 11.1 Å². The average molecular weight is 551 g/mol. The SMILES string of the molecule is CCC(C)NS(=O)[O-].COc1cc2c(cc1Nc1nc(Nc3ccccc3C)c3cc[nH]c3n1)CN(C)CC2. The molecular weight excluding hydrogens is 514 g/mol. The number of hydrogen-bond acceptors (Lipinski definition) is 8. The number of aromatic amines is 1. The molecule has 39 heavy (non-hydrogen) atoms. The fourth-order valence-electron chi connectivity index (χ4n) is 4.30. The second-order valence-electron chi connectivity index (χ2n) is 9.67. The lowest BCUT2D eigenvalue weighted by molar-refractivity contribution is 0.312. The summed E-state index contributed by atoms with van der Waals surface area (Å²) >= 11 is -2.10. The summed E-state index contributed by atoms with van der Waals surface area (Å²) in [6.45, 7) is 7.79. The van der Waals surface area contributed by atoms with Gasteiger partial charge in [-0.15, -0.1) is 0 Å². The van der Waals surface area contributed by atoms with Crippen LogP contribution in [-0.4, -0.2) is 55.4 Å². The second kappa shape index (κ2) is 13.0. The zero-order chi connectivity index (χ0) is 27.9. The first kappa shape index (κ1) is 28.5. The van der Waals surface area contributed by atoms with E-state index in [2.05, 4.69) is 62.4 Å². The average Bonchev–Trinajstić information content (AvgIpc) is 3.38. The van der Waals surface area contributed by atoms with Gasteiger partial charge in [0.25, 0.3) is 0 Å². The number of methoxy groups -OCH3 is 1. The first-order chi connectivity index (χ1) is 18.8. The number of aromatic nitrogens is 3. The number of hydrogen-bond donors (Lipinski definition) is 4. The molecule has 2 aromatic carbocycles. The molecule has 10 nitrogen and oxygen atoms in total. The molecule has 0 bridgehead atoms. The predicted molar refractivity (Wildman–Crippen MR) is 156 cm³/mol. The zero-order valence-corrected chi connectivity index (χ0v) is 23.8. The first-order valence-electron chi connectivity index (χ1n) is 13.0. The van der Waals surface area contributed by atoms with Crippen molar-refractivity contribution >= 4 is 45.4 Å². The van der Waals surface area contributed by atoms with Crippen molar-refractivity contribution in [3.63, 3.8) is 0 Å². The van der Waals surface area contributed by atoms with Gasteiger partial charge in [-0.25, -0.2) is 4.72 Å². The van der Waals surface area contributed by atoms with Gasteiger partial charge < -0.3 is 29.8 Å². The molecular formula is C28H36N7O3S-. The first-order valence-corrected chi connectivity index (χ1v) is 14.0. The number of rotatable bonds is 8. The molecule has 3 heterocycles. The van der Waals surface area contributed by atoms with Gasteiger partial charge in [-0.3, -0.25) is 4.21 Å². The summed E-state index contributed by atoms with van der Waals surface area (Å²) in [4.78, 5) is 15.0. The smallest absolute Gasteiger partial charge is 0.231 e. The summed E-state index contributed by atoms with van der Waals surface area (Å²) in [6.07, 6.45) is 3.73. The topological polar surface area (TPSA) is 130 Å². The lowest BCUT2D eigenvalue weighted by atomic mass is 9.99. The van der Waals surface area contributed by atoms with E-state index < -0.39 is 11.3 Å². The van der Waals surface area contributed by atoms with Crippen molar-refractivity contribution in [2.45, 2.75) is 46.2 Å². The number of benzene rings is 2. The Morgan fingerprint density at radius 1 is 1.15 bits per heavy atom. The minimum atomic E-state index is -2.10. The lowest BCUT2D eigenvalue weighted by Gasteiger charge is -2.26. The fraction of sp³-hybridized carbons (Fsp3) is 0.357. The maximum atomic E-state index is 9.86. The van der Waals surface area contributed by atoms with Crippen LogP contribution in [0.1, 0.15) is 37.0 Å². The Hall–Kier alpha value is -3.51. The number of aryl methyl sites for hydroxylation is 1. The van der Waals surface area contributed by atoms with Crippen molar-refractivity contribution < 1.29 is 13.5 Å². The highest BCUT2D eigenvalue weighted by Crippen LogP contribution is 2.34. The summed E-state index contributed by atoms with van der Waals surface area (Å²) in [5.41, 5.74) is 6.44. The molecule has 0 saturated carbocycles.